The van der Waals surface area contributed by atoms with Crippen molar-refractivity contribution in [3.05, 3.63) is 24.3 Å². The second kappa shape index (κ2) is 10.6. The fourth-order valence-corrected chi connectivity index (χ4v) is 2.36. The molecule has 0 spiro atoms. The van der Waals surface area contributed by atoms with Gasteiger partial charge in [-0.05, 0) is 44.5 Å². The van der Waals surface area contributed by atoms with E-state index in [4.69, 9.17) is 0 Å². The first-order chi connectivity index (χ1) is 11.1. The molecule has 5 nitrogen and oxygen atoms in total. The number of rotatable bonds is 10. The van der Waals surface area contributed by atoms with E-state index in [9.17, 15) is 9.59 Å². The zero-order chi connectivity index (χ0) is 17.1. The van der Waals surface area contributed by atoms with E-state index in [-0.39, 0.29) is 18.2 Å². The monoisotopic (exact) mass is 319 g/mol. The zero-order valence-corrected chi connectivity index (χ0v) is 14.5. The third-order valence-corrected chi connectivity index (χ3v) is 3.70. The lowest BCUT2D eigenvalue weighted by atomic mass is 10.2. The molecule has 0 atom stereocenters. The largest absolute Gasteiger partial charge is 0.372 e. The van der Waals surface area contributed by atoms with Crippen LogP contribution < -0.4 is 15.5 Å². The van der Waals surface area contributed by atoms with Crippen molar-refractivity contribution in [3.8, 4) is 0 Å². The quantitative estimate of drug-likeness (QED) is 0.514. The summed E-state index contributed by atoms with van der Waals surface area (Å²) in [6.45, 7) is 8.86. The highest BCUT2D eigenvalue weighted by molar-refractivity contribution is 6.03. The first-order valence-electron chi connectivity index (χ1n) is 8.52. The third kappa shape index (κ3) is 7.17. The molecule has 1 aromatic carbocycles. The van der Waals surface area contributed by atoms with Crippen LogP contribution in [0.5, 0.6) is 0 Å². The molecule has 0 aliphatic heterocycles. The topological polar surface area (TPSA) is 61.4 Å². The van der Waals surface area contributed by atoms with Crippen molar-refractivity contribution in [2.24, 2.45) is 0 Å². The molecular weight excluding hydrogens is 290 g/mol. The van der Waals surface area contributed by atoms with Crippen LogP contribution in [0, 0.1) is 0 Å². The number of carbonyl (C=O) groups excluding carboxylic acids is 2. The molecule has 0 aliphatic rings. The second-order valence-corrected chi connectivity index (χ2v) is 5.50. The van der Waals surface area contributed by atoms with Crippen molar-refractivity contribution in [1.82, 2.24) is 5.32 Å². The highest BCUT2D eigenvalue weighted by Gasteiger charge is 2.09. The van der Waals surface area contributed by atoms with Gasteiger partial charge in [0.2, 0.25) is 11.8 Å². The Morgan fingerprint density at radius 2 is 1.61 bits per heavy atom. The lowest BCUT2D eigenvalue weighted by Crippen LogP contribution is -2.28. The fraction of sp³-hybridized carbons (Fsp3) is 0.556. The van der Waals surface area contributed by atoms with Crippen LogP contribution in [0.25, 0.3) is 0 Å². The minimum atomic E-state index is -0.284. The zero-order valence-electron chi connectivity index (χ0n) is 14.5. The summed E-state index contributed by atoms with van der Waals surface area (Å²) in [5, 5.41) is 5.53. The summed E-state index contributed by atoms with van der Waals surface area (Å²) >= 11 is 0. The van der Waals surface area contributed by atoms with Crippen LogP contribution >= 0.6 is 0 Å². The van der Waals surface area contributed by atoms with Gasteiger partial charge in [-0.3, -0.25) is 9.59 Å². The van der Waals surface area contributed by atoms with E-state index in [0.717, 1.165) is 38.0 Å². The van der Waals surface area contributed by atoms with Crippen LogP contribution in [0.15, 0.2) is 24.3 Å². The smallest absolute Gasteiger partial charge is 0.233 e. The Hall–Kier alpha value is -2.04. The molecule has 1 aromatic rings. The van der Waals surface area contributed by atoms with Crippen molar-refractivity contribution in [1.29, 1.82) is 0 Å². The van der Waals surface area contributed by atoms with Gasteiger partial charge < -0.3 is 15.5 Å². The highest BCUT2D eigenvalue weighted by Crippen LogP contribution is 2.17. The van der Waals surface area contributed by atoms with E-state index in [2.05, 4.69) is 36.3 Å². The maximum atomic E-state index is 11.9. The van der Waals surface area contributed by atoms with Gasteiger partial charge in [-0.15, -0.1) is 0 Å². The minimum absolute atomic E-state index is 0.135. The van der Waals surface area contributed by atoms with Crippen LogP contribution in [0.1, 0.15) is 46.5 Å². The first kappa shape index (κ1) is 19.0. The Bertz CT molecular complexity index is 482. The summed E-state index contributed by atoms with van der Waals surface area (Å²) in [5.74, 6) is -0.507. The standard InChI is InChI=1S/C18H29N3O2/c1-4-7-8-13-19-17(22)14-18(23)20-15-9-11-16(12-10-15)21(5-2)6-3/h9-12H,4-8,13-14H2,1-3H3,(H,19,22)(H,20,23). The maximum absolute atomic E-state index is 11.9. The van der Waals surface area contributed by atoms with Crippen molar-refractivity contribution in [3.63, 3.8) is 0 Å². The van der Waals surface area contributed by atoms with Crippen LogP contribution in [-0.2, 0) is 9.59 Å². The molecule has 2 amide bonds. The number of carbonyl (C=O) groups is 2. The van der Waals surface area contributed by atoms with Gasteiger partial charge in [0, 0.05) is 31.0 Å². The number of nitrogens with zero attached hydrogens (tertiary/aromatic N) is 1. The minimum Gasteiger partial charge on any atom is -0.372 e. The molecule has 0 heterocycles. The summed E-state index contributed by atoms with van der Waals surface area (Å²) in [5.41, 5.74) is 1.84. The fourth-order valence-electron chi connectivity index (χ4n) is 2.36. The van der Waals surface area contributed by atoms with E-state index in [0.29, 0.717) is 12.2 Å². The Balaban J connectivity index is 2.40. The molecule has 0 saturated heterocycles. The summed E-state index contributed by atoms with van der Waals surface area (Å²) in [7, 11) is 0. The van der Waals surface area contributed by atoms with Gasteiger partial charge in [0.25, 0.3) is 0 Å². The number of hydrogen-bond donors (Lipinski definition) is 2. The molecule has 0 fully saturated rings. The Labute approximate surface area is 139 Å². The first-order valence-corrected chi connectivity index (χ1v) is 8.52. The molecule has 0 saturated carbocycles. The number of amides is 2. The van der Waals surface area contributed by atoms with E-state index in [1.54, 1.807) is 0 Å². The number of unbranched alkanes of at least 4 members (excludes halogenated alkanes) is 2. The Kier molecular flexibility index (Phi) is 8.80. The molecular formula is C18H29N3O2. The van der Waals surface area contributed by atoms with Crippen molar-refractivity contribution < 1.29 is 9.59 Å². The number of nitrogens with one attached hydrogen (secondary N) is 2. The van der Waals surface area contributed by atoms with Crippen molar-refractivity contribution in [2.75, 3.05) is 29.9 Å². The number of benzene rings is 1. The van der Waals surface area contributed by atoms with E-state index in [1.165, 1.54) is 0 Å². The lowest BCUT2D eigenvalue weighted by molar-refractivity contribution is -0.126. The number of anilines is 2. The van der Waals surface area contributed by atoms with Crippen LogP contribution in [0.2, 0.25) is 0 Å². The molecule has 1 rings (SSSR count). The third-order valence-electron chi connectivity index (χ3n) is 3.70. The molecule has 0 unspecified atom stereocenters. The summed E-state index contributed by atoms with van der Waals surface area (Å²) in [6.07, 6.45) is 3.02. The molecule has 0 radical (unpaired) electrons. The van der Waals surface area contributed by atoms with Crippen molar-refractivity contribution >= 4 is 23.2 Å². The van der Waals surface area contributed by atoms with E-state index < -0.39 is 0 Å². The Morgan fingerprint density at radius 3 is 2.17 bits per heavy atom. The van der Waals surface area contributed by atoms with E-state index >= 15 is 0 Å². The lowest BCUT2D eigenvalue weighted by Gasteiger charge is -2.21. The van der Waals surface area contributed by atoms with Gasteiger partial charge in [0.15, 0.2) is 0 Å². The molecule has 0 aromatic heterocycles. The molecule has 0 aliphatic carbocycles. The average Bonchev–Trinajstić information content (AvgIpc) is 2.54. The highest BCUT2D eigenvalue weighted by atomic mass is 16.2. The van der Waals surface area contributed by atoms with Gasteiger partial charge >= 0.3 is 0 Å². The van der Waals surface area contributed by atoms with Gasteiger partial charge in [-0.25, -0.2) is 0 Å². The van der Waals surface area contributed by atoms with Crippen LogP contribution in [0.4, 0.5) is 11.4 Å². The molecule has 128 valence electrons. The summed E-state index contributed by atoms with van der Waals surface area (Å²) in [4.78, 5) is 25.7. The van der Waals surface area contributed by atoms with Gasteiger partial charge in [0.05, 0.1) is 0 Å². The molecule has 0 bridgehead atoms. The number of hydrogen-bond acceptors (Lipinski definition) is 3. The van der Waals surface area contributed by atoms with Crippen LogP contribution in [0.3, 0.4) is 0 Å². The maximum Gasteiger partial charge on any atom is 0.233 e. The predicted octanol–water partition coefficient (Wildman–Crippen LogP) is 3.17. The summed E-state index contributed by atoms with van der Waals surface area (Å²) in [6, 6.07) is 7.69. The van der Waals surface area contributed by atoms with E-state index in [1.807, 2.05) is 24.3 Å². The SMILES string of the molecule is CCCCCNC(=O)CC(=O)Nc1ccc(N(CC)CC)cc1. The average molecular weight is 319 g/mol. The molecule has 2 N–H and O–H groups in total. The van der Waals surface area contributed by atoms with Crippen LogP contribution in [-0.4, -0.2) is 31.4 Å². The van der Waals surface area contributed by atoms with Gasteiger partial charge in [-0.2, -0.15) is 0 Å². The van der Waals surface area contributed by atoms with Crippen molar-refractivity contribution in [2.45, 2.75) is 46.5 Å². The second-order valence-electron chi connectivity index (χ2n) is 5.50. The normalized spacial score (nSPS) is 10.2. The molecule has 23 heavy (non-hydrogen) atoms. The van der Waals surface area contributed by atoms with Gasteiger partial charge in [0.1, 0.15) is 6.42 Å². The predicted molar refractivity (Wildman–Crippen MR) is 95.8 cm³/mol. The molecule has 5 heteroatoms. The summed E-state index contributed by atoms with van der Waals surface area (Å²) < 4.78 is 0. The Morgan fingerprint density at radius 1 is 0.957 bits per heavy atom. The van der Waals surface area contributed by atoms with Gasteiger partial charge in [-0.1, -0.05) is 19.8 Å².